The van der Waals surface area contributed by atoms with Gasteiger partial charge < -0.3 is 4.42 Å². The maximum absolute atomic E-state index is 6.88. The molecule has 262 valence electrons. The minimum atomic E-state index is 0.518. The molecular weight excluding hydrogens is 685 g/mol. The number of hydrogen-bond donors (Lipinski definition) is 0. The van der Waals surface area contributed by atoms with E-state index in [2.05, 4.69) is 180 Å². The Morgan fingerprint density at radius 2 is 0.929 bits per heavy atom. The summed E-state index contributed by atoms with van der Waals surface area (Å²) >= 11 is 0. The van der Waals surface area contributed by atoms with E-state index in [1.165, 1.54) is 0 Å². The van der Waals surface area contributed by atoms with Gasteiger partial charge in [0, 0.05) is 32.7 Å². The molecule has 3 aromatic heterocycles. The zero-order valence-corrected chi connectivity index (χ0v) is 30.2. The Hall–Kier alpha value is -7.63. The Bertz CT molecular complexity index is 3220. The van der Waals surface area contributed by atoms with Crippen molar-refractivity contribution in [3.8, 4) is 62.1 Å². The molecule has 5 heteroatoms. The lowest BCUT2D eigenvalue weighted by Gasteiger charge is -2.12. The number of hydrogen-bond acceptors (Lipinski definition) is 4. The Balaban J connectivity index is 1.18. The van der Waals surface area contributed by atoms with Crippen molar-refractivity contribution in [2.75, 3.05) is 0 Å². The molecule has 56 heavy (non-hydrogen) atoms. The van der Waals surface area contributed by atoms with E-state index in [1.807, 2.05) is 18.2 Å². The quantitative estimate of drug-likeness (QED) is 0.172. The van der Waals surface area contributed by atoms with Crippen LogP contribution < -0.4 is 0 Å². The molecule has 0 amide bonds. The average Bonchev–Trinajstić information content (AvgIpc) is 3.84. The van der Waals surface area contributed by atoms with E-state index >= 15 is 0 Å². The third kappa shape index (κ3) is 5.29. The molecule has 3 heterocycles. The van der Waals surface area contributed by atoms with Gasteiger partial charge in [-0.05, 0) is 57.6 Å². The second-order valence-electron chi connectivity index (χ2n) is 14.0. The van der Waals surface area contributed by atoms with Crippen LogP contribution in [-0.2, 0) is 0 Å². The van der Waals surface area contributed by atoms with Crippen LogP contribution in [-0.4, -0.2) is 19.5 Å². The third-order valence-corrected chi connectivity index (χ3v) is 10.7. The van der Waals surface area contributed by atoms with E-state index in [1.54, 1.807) is 0 Å². The highest BCUT2D eigenvalue weighted by atomic mass is 16.3. The van der Waals surface area contributed by atoms with Crippen molar-refractivity contribution in [1.29, 1.82) is 0 Å². The van der Waals surface area contributed by atoms with Crippen LogP contribution in [0, 0.1) is 0 Å². The molecule has 0 bridgehead atoms. The normalized spacial score (nSPS) is 11.6. The molecular formula is C51H32N4O. The number of furan rings is 1. The first-order valence-electron chi connectivity index (χ1n) is 18.8. The summed E-state index contributed by atoms with van der Waals surface area (Å²) in [6.45, 7) is 0. The summed E-state index contributed by atoms with van der Waals surface area (Å²) in [6.07, 6.45) is 0. The van der Waals surface area contributed by atoms with Gasteiger partial charge in [-0.15, -0.1) is 0 Å². The van der Waals surface area contributed by atoms with Gasteiger partial charge in [-0.25, -0.2) is 4.98 Å². The lowest BCUT2D eigenvalue weighted by atomic mass is 9.99. The number of aromatic nitrogens is 4. The third-order valence-electron chi connectivity index (χ3n) is 10.7. The smallest absolute Gasteiger partial charge is 0.238 e. The summed E-state index contributed by atoms with van der Waals surface area (Å²) in [5.41, 5.74) is 12.1. The molecule has 0 aliphatic rings. The highest BCUT2D eigenvalue weighted by molar-refractivity contribution is 6.23. The average molecular weight is 717 g/mol. The standard InChI is InChI=1S/C51H32N4O/c1-4-14-33(15-5-1)35-26-28-37(29-27-35)49-52-50(39-21-12-20-38(32-39)34-16-6-2-7-17-34)54-51(53-49)55-44-24-11-10-22-41(44)42-30-31-43-46-40(36-18-8-3-9-19-36)23-13-25-45(46)56-48(43)47(42)55/h1-32H. The van der Waals surface area contributed by atoms with E-state index in [9.17, 15) is 0 Å². The molecule has 0 N–H and O–H groups in total. The van der Waals surface area contributed by atoms with Gasteiger partial charge in [0.15, 0.2) is 17.2 Å². The molecule has 8 aromatic carbocycles. The van der Waals surface area contributed by atoms with E-state index < -0.39 is 0 Å². The molecule has 11 aromatic rings. The van der Waals surface area contributed by atoms with Crippen molar-refractivity contribution >= 4 is 43.7 Å². The second-order valence-corrected chi connectivity index (χ2v) is 14.0. The molecule has 0 saturated carbocycles. The Morgan fingerprint density at radius 1 is 0.375 bits per heavy atom. The van der Waals surface area contributed by atoms with Crippen LogP contribution in [0.3, 0.4) is 0 Å². The largest absolute Gasteiger partial charge is 0.454 e. The van der Waals surface area contributed by atoms with Crippen molar-refractivity contribution in [1.82, 2.24) is 19.5 Å². The topological polar surface area (TPSA) is 56.7 Å². The Kier molecular flexibility index (Phi) is 7.42. The molecule has 11 rings (SSSR count). The molecule has 0 radical (unpaired) electrons. The number of rotatable bonds is 6. The highest BCUT2D eigenvalue weighted by Gasteiger charge is 2.23. The van der Waals surface area contributed by atoms with E-state index in [4.69, 9.17) is 19.4 Å². The van der Waals surface area contributed by atoms with Crippen LogP contribution in [0.1, 0.15) is 0 Å². The molecule has 5 nitrogen and oxygen atoms in total. The molecule has 0 saturated heterocycles. The van der Waals surface area contributed by atoms with E-state index in [-0.39, 0.29) is 0 Å². The van der Waals surface area contributed by atoms with Crippen molar-refractivity contribution in [2.24, 2.45) is 0 Å². The molecule has 0 atom stereocenters. The van der Waals surface area contributed by atoms with Crippen LogP contribution in [0.4, 0.5) is 0 Å². The van der Waals surface area contributed by atoms with E-state index in [0.29, 0.717) is 17.6 Å². The lowest BCUT2D eigenvalue weighted by molar-refractivity contribution is 0.671. The van der Waals surface area contributed by atoms with Gasteiger partial charge in [0.05, 0.1) is 5.52 Å². The first-order chi connectivity index (χ1) is 27.8. The molecule has 0 unspecified atom stereocenters. The number of para-hydroxylation sites is 1. The lowest BCUT2D eigenvalue weighted by Crippen LogP contribution is -2.06. The summed E-state index contributed by atoms with van der Waals surface area (Å²) in [7, 11) is 0. The first-order valence-corrected chi connectivity index (χ1v) is 18.8. The van der Waals surface area contributed by atoms with Crippen molar-refractivity contribution in [3.05, 3.63) is 194 Å². The fraction of sp³-hybridized carbons (Fsp3) is 0. The van der Waals surface area contributed by atoms with Crippen LogP contribution in [0.15, 0.2) is 199 Å². The van der Waals surface area contributed by atoms with E-state index in [0.717, 1.165) is 88.3 Å². The van der Waals surface area contributed by atoms with Crippen molar-refractivity contribution in [2.45, 2.75) is 0 Å². The number of nitrogens with zero attached hydrogens (tertiary/aromatic N) is 4. The second kappa shape index (κ2) is 13.0. The number of benzene rings is 8. The van der Waals surface area contributed by atoms with Crippen LogP contribution in [0.25, 0.3) is 106 Å². The zero-order chi connectivity index (χ0) is 37.0. The SMILES string of the molecule is c1ccc(-c2ccc(-c3nc(-c4cccc(-c5ccccc5)c4)nc(-n4c5ccccc5c5ccc6c(oc7cccc(-c8ccccc8)c76)c54)n3)cc2)cc1. The fourth-order valence-corrected chi connectivity index (χ4v) is 8.03. The molecule has 0 spiro atoms. The summed E-state index contributed by atoms with van der Waals surface area (Å²) < 4.78 is 9.04. The summed E-state index contributed by atoms with van der Waals surface area (Å²) in [6, 6.07) is 67.3. The van der Waals surface area contributed by atoms with Gasteiger partial charge in [0.1, 0.15) is 11.1 Å². The Labute approximate surface area is 322 Å². The summed E-state index contributed by atoms with van der Waals surface area (Å²) in [5.74, 6) is 1.69. The van der Waals surface area contributed by atoms with Crippen molar-refractivity contribution in [3.63, 3.8) is 0 Å². The summed E-state index contributed by atoms with van der Waals surface area (Å²) in [5, 5.41) is 4.28. The first kappa shape index (κ1) is 31.9. The molecule has 0 aliphatic heterocycles. The van der Waals surface area contributed by atoms with Gasteiger partial charge in [-0.2, -0.15) is 9.97 Å². The van der Waals surface area contributed by atoms with Gasteiger partial charge in [0.2, 0.25) is 5.95 Å². The molecule has 0 aliphatic carbocycles. The predicted octanol–water partition coefficient (Wildman–Crippen LogP) is 13.2. The van der Waals surface area contributed by atoms with Crippen LogP contribution in [0.2, 0.25) is 0 Å². The monoisotopic (exact) mass is 716 g/mol. The number of fused-ring (bicyclic) bond motifs is 7. The maximum atomic E-state index is 6.88. The molecule has 0 fully saturated rings. The Morgan fingerprint density at radius 3 is 1.68 bits per heavy atom. The summed E-state index contributed by atoms with van der Waals surface area (Å²) in [4.78, 5) is 15.7. The van der Waals surface area contributed by atoms with Crippen LogP contribution >= 0.6 is 0 Å². The highest BCUT2D eigenvalue weighted by Crippen LogP contribution is 2.43. The van der Waals surface area contributed by atoms with Crippen LogP contribution in [0.5, 0.6) is 0 Å². The van der Waals surface area contributed by atoms with Gasteiger partial charge in [-0.1, -0.05) is 170 Å². The minimum Gasteiger partial charge on any atom is -0.454 e. The van der Waals surface area contributed by atoms with Gasteiger partial charge >= 0.3 is 0 Å². The zero-order valence-electron chi connectivity index (χ0n) is 30.2. The maximum Gasteiger partial charge on any atom is 0.238 e. The van der Waals surface area contributed by atoms with Gasteiger partial charge in [-0.3, -0.25) is 4.57 Å². The fourth-order valence-electron chi connectivity index (χ4n) is 8.03. The predicted molar refractivity (Wildman–Crippen MR) is 229 cm³/mol. The van der Waals surface area contributed by atoms with Gasteiger partial charge in [0.25, 0.3) is 0 Å². The minimum absolute atomic E-state index is 0.518. The van der Waals surface area contributed by atoms with Crippen molar-refractivity contribution < 1.29 is 4.42 Å².